The lowest BCUT2D eigenvalue weighted by atomic mass is 10.3. The zero-order valence-electron chi connectivity index (χ0n) is 14.2. The molecule has 26 heavy (non-hydrogen) atoms. The third-order valence-electron chi connectivity index (χ3n) is 4.05. The minimum Gasteiger partial charge on any atom is -0.495 e. The Morgan fingerprint density at radius 2 is 2.00 bits per heavy atom. The fourth-order valence-corrected chi connectivity index (χ4v) is 2.85. The summed E-state index contributed by atoms with van der Waals surface area (Å²) in [5, 5.41) is 3.55. The molecular formula is C17H18ClN5O3. The lowest BCUT2D eigenvalue weighted by Crippen LogP contribution is -2.48. The zero-order valence-corrected chi connectivity index (χ0v) is 14.9. The first-order chi connectivity index (χ1) is 12.6. The van der Waals surface area contributed by atoms with E-state index in [1.165, 1.54) is 12.4 Å². The number of hydrogen-bond acceptors (Lipinski definition) is 6. The van der Waals surface area contributed by atoms with Crippen LogP contribution in [0.25, 0.3) is 0 Å². The van der Waals surface area contributed by atoms with E-state index in [-0.39, 0.29) is 11.6 Å². The molecule has 0 aliphatic carbocycles. The molecule has 0 radical (unpaired) electrons. The van der Waals surface area contributed by atoms with Crippen molar-refractivity contribution in [3.05, 3.63) is 41.3 Å². The van der Waals surface area contributed by atoms with Gasteiger partial charge in [0.2, 0.25) is 6.41 Å². The van der Waals surface area contributed by atoms with Crippen molar-refractivity contribution >= 4 is 35.4 Å². The predicted molar refractivity (Wildman–Crippen MR) is 96.9 cm³/mol. The number of rotatable bonds is 5. The molecule has 1 aromatic carbocycles. The van der Waals surface area contributed by atoms with Crippen molar-refractivity contribution in [2.45, 2.75) is 0 Å². The number of amides is 2. The number of piperazine rings is 1. The van der Waals surface area contributed by atoms with Crippen molar-refractivity contribution in [3.8, 4) is 5.75 Å². The van der Waals surface area contributed by atoms with Crippen LogP contribution in [0.4, 0.5) is 11.5 Å². The third kappa shape index (κ3) is 4.02. The fourth-order valence-electron chi connectivity index (χ4n) is 2.59. The fraction of sp³-hybridized carbons (Fsp3) is 0.294. The van der Waals surface area contributed by atoms with E-state index >= 15 is 0 Å². The number of halogens is 1. The standard InChI is InChI=1S/C17H18ClN5O3/c1-26-15-3-2-12(8-13(15)18)21-16-10-19-14(9-20-16)17(25)23-6-4-22(11-24)5-7-23/h2-3,8-11H,4-7H2,1H3,(H,20,21). The molecule has 0 unspecified atom stereocenters. The van der Waals surface area contributed by atoms with E-state index in [1.54, 1.807) is 35.1 Å². The molecule has 3 rings (SSSR count). The van der Waals surface area contributed by atoms with Crippen molar-refractivity contribution in [2.75, 3.05) is 38.6 Å². The van der Waals surface area contributed by atoms with Gasteiger partial charge in [-0.15, -0.1) is 0 Å². The number of hydrogen-bond donors (Lipinski definition) is 1. The molecular weight excluding hydrogens is 358 g/mol. The van der Waals surface area contributed by atoms with E-state index < -0.39 is 0 Å². The number of aromatic nitrogens is 2. The van der Waals surface area contributed by atoms with Gasteiger partial charge >= 0.3 is 0 Å². The molecule has 8 nitrogen and oxygen atoms in total. The van der Waals surface area contributed by atoms with Crippen LogP contribution in [-0.4, -0.2) is 65.4 Å². The Hall–Kier alpha value is -2.87. The first-order valence-corrected chi connectivity index (χ1v) is 8.39. The Morgan fingerprint density at radius 1 is 1.23 bits per heavy atom. The number of ether oxygens (including phenoxy) is 1. The van der Waals surface area contributed by atoms with Gasteiger partial charge in [-0.3, -0.25) is 9.59 Å². The van der Waals surface area contributed by atoms with Crippen LogP contribution in [0.3, 0.4) is 0 Å². The van der Waals surface area contributed by atoms with Gasteiger partial charge in [0.05, 0.1) is 24.5 Å². The molecule has 0 bridgehead atoms. The normalized spacial score (nSPS) is 14.1. The van der Waals surface area contributed by atoms with E-state index in [0.717, 1.165) is 12.1 Å². The smallest absolute Gasteiger partial charge is 0.274 e. The van der Waals surface area contributed by atoms with Gasteiger partial charge in [0, 0.05) is 31.9 Å². The molecule has 9 heteroatoms. The third-order valence-corrected chi connectivity index (χ3v) is 4.34. The van der Waals surface area contributed by atoms with Gasteiger partial charge in [0.1, 0.15) is 17.3 Å². The van der Waals surface area contributed by atoms with Gasteiger partial charge in [-0.2, -0.15) is 0 Å². The lowest BCUT2D eigenvalue weighted by molar-refractivity contribution is -0.119. The summed E-state index contributed by atoms with van der Waals surface area (Å²) >= 11 is 6.09. The quantitative estimate of drug-likeness (QED) is 0.802. The van der Waals surface area contributed by atoms with Crippen LogP contribution in [0.1, 0.15) is 10.5 Å². The number of carbonyl (C=O) groups excluding carboxylic acids is 2. The Labute approximate surface area is 155 Å². The largest absolute Gasteiger partial charge is 0.495 e. The number of anilines is 2. The van der Waals surface area contributed by atoms with Crippen LogP contribution in [0.5, 0.6) is 5.75 Å². The number of methoxy groups -OCH3 is 1. The Bertz CT molecular complexity index is 791. The number of nitrogens with zero attached hydrogens (tertiary/aromatic N) is 4. The minimum absolute atomic E-state index is 0.193. The van der Waals surface area contributed by atoms with Crippen molar-refractivity contribution in [2.24, 2.45) is 0 Å². The van der Waals surface area contributed by atoms with E-state index in [0.29, 0.717) is 42.8 Å². The van der Waals surface area contributed by atoms with E-state index in [1.807, 2.05) is 0 Å². The second kappa shape index (κ2) is 8.01. The summed E-state index contributed by atoms with van der Waals surface area (Å²) in [5.74, 6) is 0.884. The van der Waals surface area contributed by atoms with E-state index in [2.05, 4.69) is 15.3 Å². The summed E-state index contributed by atoms with van der Waals surface area (Å²) in [4.78, 5) is 34.9. The summed E-state index contributed by atoms with van der Waals surface area (Å²) in [6, 6.07) is 5.26. The Balaban J connectivity index is 1.64. The highest BCUT2D eigenvalue weighted by molar-refractivity contribution is 6.32. The maximum absolute atomic E-state index is 12.4. The van der Waals surface area contributed by atoms with Crippen LogP contribution in [-0.2, 0) is 4.79 Å². The Kier molecular flexibility index (Phi) is 5.52. The van der Waals surface area contributed by atoms with Gasteiger partial charge in [0.25, 0.3) is 5.91 Å². The van der Waals surface area contributed by atoms with E-state index in [9.17, 15) is 9.59 Å². The van der Waals surface area contributed by atoms with Crippen molar-refractivity contribution in [1.29, 1.82) is 0 Å². The maximum Gasteiger partial charge on any atom is 0.274 e. The summed E-state index contributed by atoms with van der Waals surface area (Å²) in [5.41, 5.74) is 0.997. The SMILES string of the molecule is COc1ccc(Nc2cnc(C(=O)N3CCN(C=O)CC3)cn2)cc1Cl. The molecule has 2 amide bonds. The van der Waals surface area contributed by atoms with E-state index in [4.69, 9.17) is 16.3 Å². The molecule has 1 aliphatic heterocycles. The molecule has 1 aromatic heterocycles. The average molecular weight is 376 g/mol. The van der Waals surface area contributed by atoms with Gasteiger partial charge in [0.15, 0.2) is 0 Å². The van der Waals surface area contributed by atoms with Gasteiger partial charge in [-0.1, -0.05) is 11.6 Å². The highest BCUT2D eigenvalue weighted by atomic mass is 35.5. The molecule has 0 spiro atoms. The van der Waals surface area contributed by atoms with Crippen LogP contribution < -0.4 is 10.1 Å². The summed E-state index contributed by atoms with van der Waals surface area (Å²) in [6.07, 6.45) is 3.72. The molecule has 1 N–H and O–H groups in total. The molecule has 2 heterocycles. The molecule has 136 valence electrons. The average Bonchev–Trinajstić information content (AvgIpc) is 2.68. The number of nitrogens with one attached hydrogen (secondary N) is 1. The van der Waals surface area contributed by atoms with Crippen molar-refractivity contribution < 1.29 is 14.3 Å². The minimum atomic E-state index is -0.193. The lowest BCUT2D eigenvalue weighted by Gasteiger charge is -2.32. The topological polar surface area (TPSA) is 87.7 Å². The van der Waals surface area contributed by atoms with Crippen LogP contribution in [0, 0.1) is 0 Å². The highest BCUT2D eigenvalue weighted by Crippen LogP contribution is 2.28. The number of carbonyl (C=O) groups is 2. The summed E-state index contributed by atoms with van der Waals surface area (Å²) in [6.45, 7) is 2.04. The molecule has 2 aromatic rings. The molecule has 0 atom stereocenters. The van der Waals surface area contributed by atoms with Crippen LogP contribution in [0.2, 0.25) is 5.02 Å². The van der Waals surface area contributed by atoms with Crippen LogP contribution in [0.15, 0.2) is 30.6 Å². The van der Waals surface area contributed by atoms with Gasteiger partial charge in [-0.05, 0) is 18.2 Å². The predicted octanol–water partition coefficient (Wildman–Crippen LogP) is 1.80. The Morgan fingerprint density at radius 3 is 2.58 bits per heavy atom. The molecule has 1 saturated heterocycles. The summed E-state index contributed by atoms with van der Waals surface area (Å²) in [7, 11) is 1.55. The molecule has 0 saturated carbocycles. The van der Waals surface area contributed by atoms with Gasteiger partial charge in [-0.25, -0.2) is 9.97 Å². The van der Waals surface area contributed by atoms with Gasteiger partial charge < -0.3 is 19.9 Å². The second-order valence-corrected chi connectivity index (χ2v) is 6.10. The monoisotopic (exact) mass is 375 g/mol. The zero-order chi connectivity index (χ0) is 18.5. The maximum atomic E-state index is 12.4. The van der Waals surface area contributed by atoms with Crippen molar-refractivity contribution in [3.63, 3.8) is 0 Å². The number of benzene rings is 1. The van der Waals surface area contributed by atoms with Crippen molar-refractivity contribution in [1.82, 2.24) is 19.8 Å². The first-order valence-electron chi connectivity index (χ1n) is 8.02. The summed E-state index contributed by atoms with van der Waals surface area (Å²) < 4.78 is 5.11. The molecule has 1 aliphatic rings. The second-order valence-electron chi connectivity index (χ2n) is 5.69. The van der Waals surface area contributed by atoms with Crippen LogP contribution >= 0.6 is 11.6 Å². The first kappa shape index (κ1) is 17.9. The highest BCUT2D eigenvalue weighted by Gasteiger charge is 2.22. The molecule has 1 fully saturated rings.